The van der Waals surface area contributed by atoms with E-state index in [9.17, 15) is 9.59 Å². The van der Waals surface area contributed by atoms with Gasteiger partial charge in [-0.15, -0.1) is 0 Å². The van der Waals surface area contributed by atoms with Crippen LogP contribution in [0.3, 0.4) is 0 Å². The van der Waals surface area contributed by atoms with Gasteiger partial charge in [-0.3, -0.25) is 4.79 Å². The number of esters is 1. The molecule has 0 atom stereocenters. The van der Waals surface area contributed by atoms with E-state index in [0.717, 1.165) is 18.5 Å². The highest BCUT2D eigenvalue weighted by Crippen LogP contribution is 2.15. The summed E-state index contributed by atoms with van der Waals surface area (Å²) >= 11 is 0. The molecule has 2 aromatic rings. The number of amides is 1. The van der Waals surface area contributed by atoms with Gasteiger partial charge < -0.3 is 15.4 Å². The molecule has 0 aliphatic carbocycles. The molecule has 0 aliphatic rings. The molecule has 5 nitrogen and oxygen atoms in total. The number of hydrogen-bond donors (Lipinski definition) is 2. The lowest BCUT2D eigenvalue weighted by molar-refractivity contribution is 0.0526. The average Bonchev–Trinajstić information content (AvgIpc) is 2.61. The van der Waals surface area contributed by atoms with E-state index < -0.39 is 0 Å². The molecule has 24 heavy (non-hydrogen) atoms. The molecular weight excluding hydrogens is 304 g/mol. The Kier molecular flexibility index (Phi) is 6.51. The average molecular weight is 326 g/mol. The van der Waals surface area contributed by atoms with E-state index in [0.29, 0.717) is 23.4 Å². The molecular formula is C19H22N2O3. The van der Waals surface area contributed by atoms with Crippen LogP contribution >= 0.6 is 0 Å². The van der Waals surface area contributed by atoms with Crippen molar-refractivity contribution in [1.82, 2.24) is 5.32 Å². The maximum atomic E-state index is 12.5. The number of nitrogens with one attached hydrogen (secondary N) is 2. The zero-order valence-corrected chi connectivity index (χ0v) is 14.0. The van der Waals surface area contributed by atoms with Gasteiger partial charge >= 0.3 is 5.97 Å². The molecule has 126 valence electrons. The van der Waals surface area contributed by atoms with E-state index in [1.54, 1.807) is 31.2 Å². The first kappa shape index (κ1) is 17.7. The summed E-state index contributed by atoms with van der Waals surface area (Å²) in [5.41, 5.74) is 2.75. The third-order valence-corrected chi connectivity index (χ3v) is 3.56. The Morgan fingerprint density at radius 2 is 1.75 bits per heavy atom. The molecule has 0 aliphatic heterocycles. The predicted molar refractivity (Wildman–Crippen MR) is 94.4 cm³/mol. The fourth-order valence-electron chi connectivity index (χ4n) is 2.32. The molecule has 5 heteroatoms. The zero-order valence-electron chi connectivity index (χ0n) is 14.0. The highest BCUT2D eigenvalue weighted by molar-refractivity contribution is 6.05. The fourth-order valence-corrected chi connectivity index (χ4v) is 2.32. The van der Waals surface area contributed by atoms with Crippen LogP contribution in [0.2, 0.25) is 0 Å². The van der Waals surface area contributed by atoms with Gasteiger partial charge in [0.1, 0.15) is 0 Å². The molecule has 0 radical (unpaired) electrons. The van der Waals surface area contributed by atoms with Crippen molar-refractivity contribution in [2.45, 2.75) is 13.3 Å². The largest absolute Gasteiger partial charge is 0.462 e. The van der Waals surface area contributed by atoms with Crippen molar-refractivity contribution in [3.8, 4) is 0 Å². The lowest BCUT2D eigenvalue weighted by Gasteiger charge is -2.10. The molecule has 0 bridgehead atoms. The number of carbonyl (C=O) groups excluding carboxylic acids is 2. The third-order valence-electron chi connectivity index (χ3n) is 3.56. The monoisotopic (exact) mass is 326 g/mol. The van der Waals surface area contributed by atoms with Crippen LogP contribution in [0.25, 0.3) is 0 Å². The summed E-state index contributed by atoms with van der Waals surface area (Å²) in [6, 6.07) is 14.2. The summed E-state index contributed by atoms with van der Waals surface area (Å²) in [6.07, 6.45) is 0.780. The van der Waals surface area contributed by atoms with E-state index in [2.05, 4.69) is 10.6 Å². The van der Waals surface area contributed by atoms with Crippen molar-refractivity contribution in [2.75, 3.05) is 25.5 Å². The van der Waals surface area contributed by atoms with Gasteiger partial charge in [-0.25, -0.2) is 4.79 Å². The van der Waals surface area contributed by atoms with Gasteiger partial charge in [0, 0.05) is 11.3 Å². The van der Waals surface area contributed by atoms with E-state index in [1.165, 1.54) is 0 Å². The van der Waals surface area contributed by atoms with Crippen LogP contribution in [0.15, 0.2) is 48.5 Å². The first-order chi connectivity index (χ1) is 11.7. The Balaban J connectivity index is 2.08. The minimum atomic E-state index is -0.368. The van der Waals surface area contributed by atoms with Crippen LogP contribution in [0.1, 0.15) is 33.2 Å². The highest BCUT2D eigenvalue weighted by Gasteiger charge is 2.11. The van der Waals surface area contributed by atoms with Crippen LogP contribution in [0, 0.1) is 0 Å². The SMILES string of the molecule is CCOC(=O)c1ccc(NC(=O)c2ccccc2CCNC)cc1. The van der Waals surface area contributed by atoms with Gasteiger partial charge in [-0.1, -0.05) is 18.2 Å². The summed E-state index contributed by atoms with van der Waals surface area (Å²) in [6.45, 7) is 2.90. The summed E-state index contributed by atoms with van der Waals surface area (Å²) in [7, 11) is 1.88. The third kappa shape index (κ3) is 4.67. The first-order valence-electron chi connectivity index (χ1n) is 7.96. The summed E-state index contributed by atoms with van der Waals surface area (Å²) in [5.74, 6) is -0.529. The fraction of sp³-hybridized carbons (Fsp3) is 0.263. The molecule has 2 N–H and O–H groups in total. The molecule has 0 unspecified atom stereocenters. The predicted octanol–water partition coefficient (Wildman–Crippen LogP) is 2.88. The van der Waals surface area contributed by atoms with Crippen molar-refractivity contribution in [2.24, 2.45) is 0 Å². The number of likely N-dealkylation sites (N-methyl/N-ethyl adjacent to an activating group) is 1. The number of carbonyl (C=O) groups is 2. The molecule has 0 fully saturated rings. The molecule has 2 rings (SSSR count). The minimum absolute atomic E-state index is 0.161. The lowest BCUT2D eigenvalue weighted by atomic mass is 10.0. The van der Waals surface area contributed by atoms with Crippen molar-refractivity contribution in [1.29, 1.82) is 0 Å². The molecule has 2 aromatic carbocycles. The van der Waals surface area contributed by atoms with Gasteiger partial charge in [0.25, 0.3) is 5.91 Å². The van der Waals surface area contributed by atoms with Crippen molar-refractivity contribution < 1.29 is 14.3 Å². The van der Waals surface area contributed by atoms with Gasteiger partial charge in [-0.2, -0.15) is 0 Å². The minimum Gasteiger partial charge on any atom is -0.462 e. The van der Waals surface area contributed by atoms with Crippen molar-refractivity contribution in [3.05, 3.63) is 65.2 Å². The summed E-state index contributed by atoms with van der Waals surface area (Å²) in [4.78, 5) is 24.1. The quantitative estimate of drug-likeness (QED) is 0.768. The van der Waals surface area contributed by atoms with Gasteiger partial charge in [0.05, 0.1) is 12.2 Å². The number of ether oxygens (including phenoxy) is 1. The Bertz CT molecular complexity index is 696. The second-order valence-electron chi connectivity index (χ2n) is 5.26. The highest BCUT2D eigenvalue weighted by atomic mass is 16.5. The van der Waals surface area contributed by atoms with Gasteiger partial charge in [0.2, 0.25) is 0 Å². The van der Waals surface area contributed by atoms with Crippen LogP contribution in [0.4, 0.5) is 5.69 Å². The first-order valence-corrected chi connectivity index (χ1v) is 7.96. The maximum absolute atomic E-state index is 12.5. The van der Waals surface area contributed by atoms with Gasteiger partial charge in [0.15, 0.2) is 0 Å². The van der Waals surface area contributed by atoms with E-state index in [1.807, 2.05) is 31.3 Å². The van der Waals surface area contributed by atoms with Crippen LogP contribution < -0.4 is 10.6 Å². The molecule has 0 aromatic heterocycles. The molecule has 1 amide bonds. The molecule has 0 heterocycles. The summed E-state index contributed by atoms with van der Waals surface area (Å²) < 4.78 is 4.94. The Hall–Kier alpha value is -2.66. The molecule has 0 saturated heterocycles. The molecule has 0 spiro atoms. The Morgan fingerprint density at radius 3 is 2.42 bits per heavy atom. The normalized spacial score (nSPS) is 10.2. The Labute approximate surface area is 142 Å². The maximum Gasteiger partial charge on any atom is 0.338 e. The molecule has 0 saturated carbocycles. The smallest absolute Gasteiger partial charge is 0.338 e. The topological polar surface area (TPSA) is 67.4 Å². The standard InChI is InChI=1S/C19H22N2O3/c1-3-24-19(23)15-8-10-16(11-9-15)21-18(22)17-7-5-4-6-14(17)12-13-20-2/h4-11,20H,3,12-13H2,1-2H3,(H,21,22). The summed E-state index contributed by atoms with van der Waals surface area (Å²) in [5, 5.41) is 5.95. The number of hydrogen-bond acceptors (Lipinski definition) is 4. The number of rotatable bonds is 7. The van der Waals surface area contributed by atoms with Crippen LogP contribution in [-0.4, -0.2) is 32.1 Å². The van der Waals surface area contributed by atoms with Gasteiger partial charge in [-0.05, 0) is 62.8 Å². The second-order valence-corrected chi connectivity index (χ2v) is 5.26. The van der Waals surface area contributed by atoms with Crippen molar-refractivity contribution in [3.63, 3.8) is 0 Å². The van der Waals surface area contributed by atoms with Crippen LogP contribution in [0.5, 0.6) is 0 Å². The lowest BCUT2D eigenvalue weighted by Crippen LogP contribution is -2.17. The number of anilines is 1. The number of benzene rings is 2. The van der Waals surface area contributed by atoms with E-state index in [4.69, 9.17) is 4.74 Å². The Morgan fingerprint density at radius 1 is 1.04 bits per heavy atom. The second kappa shape index (κ2) is 8.84. The van der Waals surface area contributed by atoms with E-state index >= 15 is 0 Å². The van der Waals surface area contributed by atoms with Crippen LogP contribution in [-0.2, 0) is 11.2 Å². The zero-order chi connectivity index (χ0) is 17.4. The van der Waals surface area contributed by atoms with Crippen molar-refractivity contribution >= 4 is 17.6 Å². The van der Waals surface area contributed by atoms with E-state index in [-0.39, 0.29) is 11.9 Å².